The van der Waals surface area contributed by atoms with Crippen molar-refractivity contribution in [1.82, 2.24) is 4.90 Å². The Balaban J connectivity index is 2.64. The molecule has 0 bridgehead atoms. The van der Waals surface area contributed by atoms with Crippen LogP contribution in [0.15, 0.2) is 24.3 Å². The van der Waals surface area contributed by atoms with E-state index in [0.29, 0.717) is 0 Å². The van der Waals surface area contributed by atoms with Gasteiger partial charge in [-0.3, -0.25) is 5.41 Å². The molecule has 0 radical (unpaired) electrons. The Morgan fingerprint density at radius 3 is 2.33 bits per heavy atom. The van der Waals surface area contributed by atoms with Crippen LogP contribution < -0.4 is 11.1 Å². The van der Waals surface area contributed by atoms with Crippen molar-refractivity contribution < 1.29 is 18.0 Å². The highest BCUT2D eigenvalue weighted by Gasteiger charge is 2.30. The first-order valence-electron chi connectivity index (χ1n) is 6.14. The molecule has 0 fully saturated rings. The van der Waals surface area contributed by atoms with Crippen LogP contribution in [0, 0.1) is 11.3 Å². The number of rotatable bonds is 4. The highest BCUT2D eigenvalue weighted by Crippen LogP contribution is 2.29. The van der Waals surface area contributed by atoms with E-state index < -0.39 is 17.8 Å². The molecule has 0 saturated heterocycles. The van der Waals surface area contributed by atoms with Crippen LogP contribution in [0.5, 0.6) is 0 Å². The van der Waals surface area contributed by atoms with Gasteiger partial charge < -0.3 is 16.0 Å². The van der Waals surface area contributed by atoms with Crippen LogP contribution in [0.3, 0.4) is 0 Å². The van der Waals surface area contributed by atoms with Gasteiger partial charge in [0.15, 0.2) is 0 Å². The van der Waals surface area contributed by atoms with Gasteiger partial charge in [0.25, 0.3) is 0 Å². The highest BCUT2D eigenvalue weighted by atomic mass is 19.4. The van der Waals surface area contributed by atoms with Crippen molar-refractivity contribution in [2.24, 2.45) is 11.7 Å². The second-order valence-corrected chi connectivity index (χ2v) is 4.74. The number of hydrogen-bond acceptors (Lipinski definition) is 2. The lowest BCUT2D eigenvalue weighted by atomic mass is 10.1. The Hall–Kier alpha value is -2.25. The van der Waals surface area contributed by atoms with Gasteiger partial charge in [0, 0.05) is 25.2 Å². The number of carbonyl (C=O) groups is 1. The van der Waals surface area contributed by atoms with Gasteiger partial charge in [-0.2, -0.15) is 13.2 Å². The predicted molar refractivity (Wildman–Crippen MR) is 74.2 cm³/mol. The normalized spacial score (nSPS) is 12.6. The van der Waals surface area contributed by atoms with Gasteiger partial charge in [-0.25, -0.2) is 4.79 Å². The molecule has 1 unspecified atom stereocenters. The molecular weight excluding hydrogens is 285 g/mol. The number of hydrogen-bond donors (Lipinski definition) is 3. The smallest absolute Gasteiger partial charge is 0.387 e. The predicted octanol–water partition coefficient (Wildman–Crippen LogP) is 2.74. The van der Waals surface area contributed by atoms with Gasteiger partial charge in [-0.1, -0.05) is 6.92 Å². The number of anilines is 1. The summed E-state index contributed by atoms with van der Waals surface area (Å²) in [5, 5.41) is 9.72. The number of halogens is 3. The fourth-order valence-electron chi connectivity index (χ4n) is 1.55. The maximum absolute atomic E-state index is 12.4. The first-order valence-corrected chi connectivity index (χ1v) is 6.14. The Bertz CT molecular complexity index is 513. The van der Waals surface area contributed by atoms with Gasteiger partial charge in [0.1, 0.15) is 0 Å². The van der Waals surface area contributed by atoms with Gasteiger partial charge in [0.2, 0.25) is 0 Å². The lowest BCUT2D eigenvalue weighted by Crippen LogP contribution is -2.38. The molecule has 0 aromatic heterocycles. The van der Waals surface area contributed by atoms with E-state index in [1.165, 1.54) is 24.1 Å². The van der Waals surface area contributed by atoms with Crippen LogP contribution >= 0.6 is 0 Å². The number of nitrogens with zero attached hydrogens (tertiary/aromatic N) is 1. The summed E-state index contributed by atoms with van der Waals surface area (Å²) < 4.78 is 37.2. The van der Waals surface area contributed by atoms with Crippen LogP contribution in [-0.2, 0) is 6.18 Å². The number of amides is 2. The van der Waals surface area contributed by atoms with Crippen molar-refractivity contribution in [3.05, 3.63) is 29.8 Å². The Morgan fingerprint density at radius 2 is 1.90 bits per heavy atom. The third kappa shape index (κ3) is 4.97. The molecule has 0 spiro atoms. The molecule has 1 atom stereocenters. The Morgan fingerprint density at radius 1 is 1.38 bits per heavy atom. The van der Waals surface area contributed by atoms with E-state index in [9.17, 15) is 18.0 Å². The average Bonchev–Trinajstić information content (AvgIpc) is 2.37. The van der Waals surface area contributed by atoms with E-state index in [1.54, 1.807) is 6.92 Å². The monoisotopic (exact) mass is 302 g/mol. The Kier molecular flexibility index (Phi) is 5.17. The van der Waals surface area contributed by atoms with Crippen LogP contribution in [0.25, 0.3) is 0 Å². The highest BCUT2D eigenvalue weighted by molar-refractivity contribution is 5.89. The molecule has 0 aliphatic heterocycles. The van der Waals surface area contributed by atoms with E-state index in [0.717, 1.165) is 12.1 Å². The molecule has 5 nitrogen and oxygen atoms in total. The molecule has 1 rings (SSSR count). The fraction of sp³-hybridized carbons (Fsp3) is 0.385. The van der Waals surface area contributed by atoms with Crippen molar-refractivity contribution >= 4 is 17.6 Å². The van der Waals surface area contributed by atoms with E-state index in [4.69, 9.17) is 11.1 Å². The van der Waals surface area contributed by atoms with Gasteiger partial charge in [-0.15, -0.1) is 0 Å². The number of urea groups is 1. The van der Waals surface area contributed by atoms with Crippen molar-refractivity contribution in [2.45, 2.75) is 13.1 Å². The molecule has 4 N–H and O–H groups in total. The molecule has 2 amide bonds. The minimum absolute atomic E-state index is 0.0378. The molecule has 21 heavy (non-hydrogen) atoms. The number of alkyl halides is 3. The summed E-state index contributed by atoms with van der Waals surface area (Å²) in [4.78, 5) is 13.1. The molecule has 0 saturated carbocycles. The van der Waals surface area contributed by atoms with E-state index in [-0.39, 0.29) is 24.0 Å². The molecule has 0 aliphatic rings. The summed E-state index contributed by atoms with van der Waals surface area (Å²) in [6, 6.07) is 3.68. The summed E-state index contributed by atoms with van der Waals surface area (Å²) in [6.07, 6.45) is -4.41. The van der Waals surface area contributed by atoms with Crippen LogP contribution in [0.2, 0.25) is 0 Å². The third-order valence-corrected chi connectivity index (χ3v) is 2.89. The van der Waals surface area contributed by atoms with Gasteiger partial charge >= 0.3 is 12.2 Å². The first-order chi connectivity index (χ1) is 9.61. The summed E-state index contributed by atoms with van der Waals surface area (Å²) in [5.74, 6) is -0.336. The topological polar surface area (TPSA) is 82.2 Å². The van der Waals surface area contributed by atoms with Gasteiger partial charge in [0.05, 0.1) is 11.4 Å². The second kappa shape index (κ2) is 6.47. The average molecular weight is 302 g/mol. The first kappa shape index (κ1) is 16.8. The second-order valence-electron chi connectivity index (χ2n) is 4.74. The maximum atomic E-state index is 12.4. The molecule has 1 aromatic rings. The van der Waals surface area contributed by atoms with E-state index in [1.807, 2.05) is 0 Å². The zero-order valence-corrected chi connectivity index (χ0v) is 11.7. The van der Waals surface area contributed by atoms with Crippen LogP contribution in [0.4, 0.5) is 23.7 Å². The Labute approximate surface area is 120 Å². The summed E-state index contributed by atoms with van der Waals surface area (Å²) in [6.45, 7) is 1.94. The van der Waals surface area contributed by atoms with E-state index >= 15 is 0 Å². The maximum Gasteiger partial charge on any atom is 0.416 e. The number of nitrogens with one attached hydrogen (secondary N) is 2. The van der Waals surface area contributed by atoms with E-state index in [2.05, 4.69) is 5.32 Å². The van der Waals surface area contributed by atoms with Gasteiger partial charge in [-0.05, 0) is 24.3 Å². The zero-order chi connectivity index (χ0) is 16.2. The van der Waals surface area contributed by atoms with Crippen LogP contribution in [-0.4, -0.2) is 30.4 Å². The molecular formula is C13H17F3N4O. The molecule has 116 valence electrons. The van der Waals surface area contributed by atoms with Crippen LogP contribution in [0.1, 0.15) is 12.5 Å². The lowest BCUT2D eigenvalue weighted by molar-refractivity contribution is -0.137. The molecule has 0 aliphatic carbocycles. The van der Waals surface area contributed by atoms with Crippen molar-refractivity contribution in [2.75, 3.05) is 18.9 Å². The standard InChI is InChI=1S/C13H17F3N4O/c1-8(11(17)18)7-20(2)12(21)19-10-5-3-9(4-6-10)13(14,15)16/h3-6,8H,7H2,1-2H3,(H3,17,18)(H,19,21). The number of nitrogens with two attached hydrogens (primary N) is 1. The summed E-state index contributed by atoms with van der Waals surface area (Å²) in [5.41, 5.74) is 4.79. The third-order valence-electron chi connectivity index (χ3n) is 2.89. The molecule has 8 heteroatoms. The quantitative estimate of drug-likeness (QED) is 0.590. The van der Waals surface area contributed by atoms with Crippen molar-refractivity contribution in [1.29, 1.82) is 5.41 Å². The van der Waals surface area contributed by atoms with Crippen molar-refractivity contribution in [3.8, 4) is 0 Å². The lowest BCUT2D eigenvalue weighted by Gasteiger charge is -2.21. The zero-order valence-electron chi connectivity index (χ0n) is 11.7. The minimum atomic E-state index is -4.41. The van der Waals surface area contributed by atoms with Crippen molar-refractivity contribution in [3.63, 3.8) is 0 Å². The fourth-order valence-corrected chi connectivity index (χ4v) is 1.55. The SMILES string of the molecule is CC(CN(C)C(=O)Nc1ccc(C(F)(F)F)cc1)C(=N)N. The molecule has 0 heterocycles. The largest absolute Gasteiger partial charge is 0.416 e. The number of carbonyl (C=O) groups excluding carboxylic acids is 1. The summed E-state index contributed by atoms with van der Waals surface area (Å²) >= 11 is 0. The summed E-state index contributed by atoms with van der Waals surface area (Å²) in [7, 11) is 1.51. The molecule has 1 aromatic carbocycles. The number of amidine groups is 1. The minimum Gasteiger partial charge on any atom is -0.387 e. The number of benzene rings is 1.